The molecule has 5 heteroatoms. The van der Waals surface area contributed by atoms with E-state index in [0.29, 0.717) is 17.9 Å². The number of hydrogen-bond acceptors (Lipinski definition) is 4. The monoisotopic (exact) mass is 322 g/mol. The van der Waals surface area contributed by atoms with Gasteiger partial charge in [0.25, 0.3) is 0 Å². The zero-order valence-electron chi connectivity index (χ0n) is 12.9. The van der Waals surface area contributed by atoms with Crippen molar-refractivity contribution < 1.29 is 19.1 Å². The summed E-state index contributed by atoms with van der Waals surface area (Å²) >= 11 is 5.88. The normalized spacial score (nSPS) is 21.6. The SMILES string of the molecule is COC(=O)C1(C(=O)OC)C/C(=C\c2ccc(Cl)cc2)C(C)C1. The second-order valence-electron chi connectivity index (χ2n) is 5.62. The molecule has 4 nitrogen and oxygen atoms in total. The van der Waals surface area contributed by atoms with Crippen LogP contribution in [0.25, 0.3) is 6.08 Å². The lowest BCUT2D eigenvalue weighted by Gasteiger charge is -2.22. The predicted molar refractivity (Wildman–Crippen MR) is 84.3 cm³/mol. The van der Waals surface area contributed by atoms with Gasteiger partial charge in [-0.3, -0.25) is 9.59 Å². The molecule has 0 N–H and O–H groups in total. The van der Waals surface area contributed by atoms with Crippen LogP contribution in [0.4, 0.5) is 0 Å². The van der Waals surface area contributed by atoms with Crippen molar-refractivity contribution in [3.05, 3.63) is 40.4 Å². The summed E-state index contributed by atoms with van der Waals surface area (Å²) in [5.41, 5.74) is 0.774. The number of methoxy groups -OCH3 is 2. The van der Waals surface area contributed by atoms with Gasteiger partial charge in [-0.15, -0.1) is 0 Å². The molecule has 1 aromatic rings. The number of carbonyl (C=O) groups is 2. The van der Waals surface area contributed by atoms with E-state index in [0.717, 1.165) is 11.1 Å². The fraction of sp³-hybridized carbons (Fsp3) is 0.412. The molecule has 1 aliphatic rings. The molecule has 1 fully saturated rings. The van der Waals surface area contributed by atoms with Crippen molar-refractivity contribution in [2.75, 3.05) is 14.2 Å². The molecule has 1 atom stereocenters. The molecule has 0 saturated heterocycles. The Labute approximate surface area is 135 Å². The first-order chi connectivity index (χ1) is 10.4. The zero-order chi connectivity index (χ0) is 16.3. The highest BCUT2D eigenvalue weighted by molar-refractivity contribution is 6.30. The number of halogens is 1. The van der Waals surface area contributed by atoms with Gasteiger partial charge in [-0.2, -0.15) is 0 Å². The van der Waals surface area contributed by atoms with Crippen LogP contribution in [0.3, 0.4) is 0 Å². The van der Waals surface area contributed by atoms with E-state index >= 15 is 0 Å². The van der Waals surface area contributed by atoms with Crippen LogP contribution in [0.5, 0.6) is 0 Å². The van der Waals surface area contributed by atoms with Gasteiger partial charge in [-0.25, -0.2) is 0 Å². The zero-order valence-corrected chi connectivity index (χ0v) is 13.6. The average Bonchev–Trinajstić information content (AvgIpc) is 2.86. The Morgan fingerprint density at radius 2 is 1.73 bits per heavy atom. The lowest BCUT2D eigenvalue weighted by molar-refractivity contribution is -0.168. The number of benzene rings is 1. The number of rotatable bonds is 3. The standard InChI is InChI=1S/C17H19ClO4/c1-11-9-17(15(19)21-2,16(20)22-3)10-13(11)8-12-4-6-14(18)7-5-12/h4-8,11H,9-10H2,1-3H3/b13-8+. The quantitative estimate of drug-likeness (QED) is 0.631. The fourth-order valence-electron chi connectivity index (χ4n) is 3.00. The third kappa shape index (κ3) is 3.02. The van der Waals surface area contributed by atoms with Crippen molar-refractivity contribution in [2.24, 2.45) is 11.3 Å². The summed E-state index contributed by atoms with van der Waals surface area (Å²) in [6, 6.07) is 7.42. The molecule has 1 aliphatic carbocycles. The van der Waals surface area contributed by atoms with E-state index in [1.165, 1.54) is 14.2 Å². The van der Waals surface area contributed by atoms with E-state index in [2.05, 4.69) is 0 Å². The molecule has 1 unspecified atom stereocenters. The molecule has 0 radical (unpaired) electrons. The van der Waals surface area contributed by atoms with Crippen molar-refractivity contribution >= 4 is 29.6 Å². The highest BCUT2D eigenvalue weighted by atomic mass is 35.5. The van der Waals surface area contributed by atoms with Crippen LogP contribution in [0, 0.1) is 11.3 Å². The van der Waals surface area contributed by atoms with Gasteiger partial charge in [-0.05, 0) is 36.5 Å². The van der Waals surface area contributed by atoms with Gasteiger partial charge in [-0.1, -0.05) is 42.3 Å². The molecule has 0 bridgehead atoms. The predicted octanol–water partition coefficient (Wildman–Crippen LogP) is 3.49. The summed E-state index contributed by atoms with van der Waals surface area (Å²) in [5, 5.41) is 0.667. The number of allylic oxidation sites excluding steroid dienone is 1. The molecular formula is C17H19ClO4. The lowest BCUT2D eigenvalue weighted by Crippen LogP contribution is -2.39. The smallest absolute Gasteiger partial charge is 0.323 e. The highest BCUT2D eigenvalue weighted by Crippen LogP contribution is 2.47. The molecule has 0 spiro atoms. The van der Waals surface area contributed by atoms with Crippen molar-refractivity contribution in [1.29, 1.82) is 0 Å². The maximum atomic E-state index is 12.2. The molecule has 1 aromatic carbocycles. The second kappa shape index (κ2) is 6.53. The van der Waals surface area contributed by atoms with Gasteiger partial charge < -0.3 is 9.47 Å². The minimum absolute atomic E-state index is 0.0916. The van der Waals surface area contributed by atoms with Crippen LogP contribution < -0.4 is 0 Å². The molecular weight excluding hydrogens is 304 g/mol. The van der Waals surface area contributed by atoms with Crippen LogP contribution in [-0.2, 0) is 19.1 Å². The van der Waals surface area contributed by atoms with Gasteiger partial charge in [0.15, 0.2) is 5.41 Å². The third-order valence-corrected chi connectivity index (χ3v) is 4.42. The third-order valence-electron chi connectivity index (χ3n) is 4.17. The molecule has 2 rings (SSSR count). The van der Waals surface area contributed by atoms with Crippen molar-refractivity contribution in [1.82, 2.24) is 0 Å². The van der Waals surface area contributed by atoms with Gasteiger partial charge in [0.2, 0.25) is 0 Å². The minimum atomic E-state index is -1.23. The maximum absolute atomic E-state index is 12.2. The van der Waals surface area contributed by atoms with E-state index in [4.69, 9.17) is 21.1 Å². The first-order valence-corrected chi connectivity index (χ1v) is 7.43. The first-order valence-electron chi connectivity index (χ1n) is 7.06. The molecule has 118 valence electrons. The van der Waals surface area contributed by atoms with Crippen molar-refractivity contribution in [3.8, 4) is 0 Å². The van der Waals surface area contributed by atoms with E-state index in [1.54, 1.807) is 12.1 Å². The Kier molecular flexibility index (Phi) is 4.91. The summed E-state index contributed by atoms with van der Waals surface area (Å²) in [6.07, 6.45) is 2.70. The van der Waals surface area contributed by atoms with Crippen LogP contribution >= 0.6 is 11.6 Å². The summed E-state index contributed by atoms with van der Waals surface area (Å²) in [4.78, 5) is 24.3. The van der Waals surface area contributed by atoms with Gasteiger partial charge in [0.05, 0.1) is 14.2 Å². The largest absolute Gasteiger partial charge is 0.468 e. The molecule has 0 heterocycles. The number of esters is 2. The maximum Gasteiger partial charge on any atom is 0.323 e. The summed E-state index contributed by atoms with van der Waals surface area (Å²) in [5.74, 6) is -0.981. The molecule has 1 saturated carbocycles. The molecule has 0 aliphatic heterocycles. The first kappa shape index (κ1) is 16.6. The summed E-state index contributed by atoms with van der Waals surface area (Å²) < 4.78 is 9.68. The topological polar surface area (TPSA) is 52.6 Å². The van der Waals surface area contributed by atoms with Crippen LogP contribution in [0.1, 0.15) is 25.3 Å². The van der Waals surface area contributed by atoms with E-state index in [-0.39, 0.29) is 5.92 Å². The Bertz CT molecular complexity index is 588. The van der Waals surface area contributed by atoms with Crippen molar-refractivity contribution in [2.45, 2.75) is 19.8 Å². The van der Waals surface area contributed by atoms with E-state index < -0.39 is 17.4 Å². The average molecular weight is 323 g/mol. The number of hydrogen-bond donors (Lipinski definition) is 0. The van der Waals surface area contributed by atoms with Crippen molar-refractivity contribution in [3.63, 3.8) is 0 Å². The van der Waals surface area contributed by atoms with Gasteiger partial charge >= 0.3 is 11.9 Å². The minimum Gasteiger partial charge on any atom is -0.468 e. The number of carbonyl (C=O) groups excluding carboxylic acids is 2. The second-order valence-corrected chi connectivity index (χ2v) is 6.05. The Hall–Kier alpha value is -1.81. The fourth-order valence-corrected chi connectivity index (χ4v) is 3.13. The Morgan fingerprint density at radius 1 is 1.18 bits per heavy atom. The molecule has 0 amide bonds. The molecule has 0 aromatic heterocycles. The van der Waals surface area contributed by atoms with Crippen LogP contribution in [-0.4, -0.2) is 26.2 Å². The van der Waals surface area contributed by atoms with Gasteiger partial charge in [0.1, 0.15) is 0 Å². The lowest BCUT2D eigenvalue weighted by atomic mass is 9.85. The Balaban J connectivity index is 2.35. The van der Waals surface area contributed by atoms with E-state index in [1.807, 2.05) is 25.1 Å². The molecule has 22 heavy (non-hydrogen) atoms. The van der Waals surface area contributed by atoms with E-state index in [9.17, 15) is 9.59 Å². The Morgan fingerprint density at radius 3 is 2.23 bits per heavy atom. The van der Waals surface area contributed by atoms with Crippen LogP contribution in [0.2, 0.25) is 5.02 Å². The summed E-state index contributed by atoms with van der Waals surface area (Å²) in [6.45, 7) is 2.00. The van der Waals surface area contributed by atoms with Crippen LogP contribution in [0.15, 0.2) is 29.8 Å². The number of ether oxygens (including phenoxy) is 2. The van der Waals surface area contributed by atoms with Gasteiger partial charge in [0, 0.05) is 5.02 Å². The summed E-state index contributed by atoms with van der Waals surface area (Å²) in [7, 11) is 2.58. The highest BCUT2D eigenvalue weighted by Gasteiger charge is 2.54.